The number of phenolic OH excluding ortho intramolecular Hbond substituents is 2. The highest BCUT2D eigenvalue weighted by atomic mass is 16.3. The quantitative estimate of drug-likeness (QED) is 0.156. The summed E-state index contributed by atoms with van der Waals surface area (Å²) in [4.78, 5) is 0. The summed E-state index contributed by atoms with van der Waals surface area (Å²) in [5.41, 5.74) is 21.1. The lowest BCUT2D eigenvalue weighted by molar-refractivity contribution is 0.476. The summed E-state index contributed by atoms with van der Waals surface area (Å²) in [6.07, 6.45) is 5.83. The van der Waals surface area contributed by atoms with Crippen LogP contribution in [0, 0.1) is 12.3 Å². The molecular formula is C94H57NO2. The highest BCUT2D eigenvalue weighted by molar-refractivity contribution is 6.16. The summed E-state index contributed by atoms with van der Waals surface area (Å²) >= 11 is 0. The minimum absolute atomic E-state index is 0.225. The molecule has 0 amide bonds. The number of rotatable bonds is 7. The Labute approximate surface area is 560 Å². The maximum absolute atomic E-state index is 12.5. The normalized spacial score (nSPS) is 15.4. The van der Waals surface area contributed by atoms with Gasteiger partial charge in [0.25, 0.3) is 0 Å². The Kier molecular flexibility index (Phi) is 11.7. The van der Waals surface area contributed by atoms with E-state index in [1.165, 1.54) is 93.3 Å². The molecule has 0 saturated carbocycles. The largest absolute Gasteiger partial charge is 0.508 e. The fraction of sp³-hybridized carbons (Fsp3) is 0.0213. The van der Waals surface area contributed by atoms with Gasteiger partial charge in [-0.05, 0) is 263 Å². The molecule has 17 aromatic carbocycles. The van der Waals surface area contributed by atoms with Crippen LogP contribution in [0.25, 0.3) is 137 Å². The maximum Gasteiger partial charge on any atom is 0.124 e. The van der Waals surface area contributed by atoms with Gasteiger partial charge in [0.15, 0.2) is 0 Å². The van der Waals surface area contributed by atoms with E-state index in [0.29, 0.717) is 0 Å². The smallest absolute Gasteiger partial charge is 0.124 e. The number of para-hydroxylation sites is 1. The van der Waals surface area contributed by atoms with E-state index in [-0.39, 0.29) is 11.5 Å². The molecule has 2 aliphatic carbocycles. The minimum atomic E-state index is -0.735. The molecule has 2 atom stereocenters. The number of aromatic hydroxyl groups is 2. The molecule has 97 heavy (non-hydrogen) atoms. The molecule has 0 radical (unpaired) electrons. The number of aromatic nitrogens is 1. The van der Waals surface area contributed by atoms with E-state index in [4.69, 9.17) is 6.42 Å². The fourth-order valence-electron chi connectivity index (χ4n) is 17.3. The predicted octanol–water partition coefficient (Wildman–Crippen LogP) is 23.2. The SMILES string of the molecule is C#Cc1ccc(-n2c3ccccc3c3c(-c4ccc5ccc(C6(c7ccc8ccccc8c7)c7ccccc7-c7cc8c(-c9cc%10cc(C%11(c%12ccc%13cc(O)ccc%13c%12)c%12ccccc%12-c%12cc%13ccccc%13cc%12%11)ccc%10cc9O)cccc8cc76)cc5c4)cccc32)cc1. The topological polar surface area (TPSA) is 45.4 Å². The van der Waals surface area contributed by atoms with Crippen LogP contribution in [0.1, 0.15) is 50.1 Å². The molecule has 1 heterocycles. The summed E-state index contributed by atoms with van der Waals surface area (Å²) in [7, 11) is 0. The van der Waals surface area contributed by atoms with E-state index in [1.54, 1.807) is 6.07 Å². The van der Waals surface area contributed by atoms with Gasteiger partial charge >= 0.3 is 0 Å². The van der Waals surface area contributed by atoms with E-state index in [1.807, 2.05) is 30.3 Å². The van der Waals surface area contributed by atoms with Gasteiger partial charge in [-0.25, -0.2) is 0 Å². The van der Waals surface area contributed by atoms with Crippen LogP contribution in [0.15, 0.2) is 328 Å². The molecule has 18 aromatic rings. The molecule has 450 valence electrons. The van der Waals surface area contributed by atoms with Gasteiger partial charge in [0, 0.05) is 27.6 Å². The average molecular weight is 1230 g/mol. The molecule has 1 aromatic heterocycles. The minimum Gasteiger partial charge on any atom is -0.508 e. The Morgan fingerprint density at radius 3 is 1.44 bits per heavy atom. The second-order valence-electron chi connectivity index (χ2n) is 26.5. The lowest BCUT2D eigenvalue weighted by atomic mass is 9.67. The summed E-state index contributed by atoms with van der Waals surface area (Å²) in [6.45, 7) is 0. The zero-order chi connectivity index (χ0) is 64.3. The van der Waals surface area contributed by atoms with E-state index < -0.39 is 10.8 Å². The molecule has 3 heteroatoms. The molecule has 2 aliphatic rings. The van der Waals surface area contributed by atoms with E-state index in [2.05, 4.69) is 302 Å². The van der Waals surface area contributed by atoms with Gasteiger partial charge in [0.2, 0.25) is 0 Å². The van der Waals surface area contributed by atoms with Crippen molar-refractivity contribution in [3.63, 3.8) is 0 Å². The summed E-state index contributed by atoms with van der Waals surface area (Å²) < 4.78 is 2.36. The van der Waals surface area contributed by atoms with Gasteiger partial charge < -0.3 is 14.8 Å². The van der Waals surface area contributed by atoms with Crippen molar-refractivity contribution in [3.05, 3.63) is 378 Å². The van der Waals surface area contributed by atoms with Crippen molar-refractivity contribution >= 4 is 86.4 Å². The molecule has 20 rings (SSSR count). The van der Waals surface area contributed by atoms with Gasteiger partial charge in [-0.1, -0.05) is 218 Å². The van der Waals surface area contributed by atoms with E-state index >= 15 is 0 Å². The molecule has 2 N–H and O–H groups in total. The lowest BCUT2D eigenvalue weighted by Gasteiger charge is -2.34. The van der Waals surface area contributed by atoms with Crippen molar-refractivity contribution in [2.45, 2.75) is 10.8 Å². The third-order valence-electron chi connectivity index (χ3n) is 21.6. The van der Waals surface area contributed by atoms with Gasteiger partial charge in [0.05, 0.1) is 21.9 Å². The van der Waals surface area contributed by atoms with E-state index in [9.17, 15) is 10.2 Å². The molecule has 3 nitrogen and oxygen atoms in total. The van der Waals surface area contributed by atoms with Crippen molar-refractivity contribution in [2.24, 2.45) is 0 Å². The van der Waals surface area contributed by atoms with Crippen molar-refractivity contribution in [3.8, 4) is 74.0 Å². The first-order valence-corrected chi connectivity index (χ1v) is 33.2. The zero-order valence-electron chi connectivity index (χ0n) is 52.6. The monoisotopic (exact) mass is 1230 g/mol. The van der Waals surface area contributed by atoms with Crippen LogP contribution >= 0.6 is 0 Å². The number of hydrogen-bond acceptors (Lipinski definition) is 2. The Morgan fingerprint density at radius 1 is 0.278 bits per heavy atom. The molecule has 0 bridgehead atoms. The van der Waals surface area contributed by atoms with Gasteiger partial charge in [-0.3, -0.25) is 0 Å². The number of hydrogen-bond donors (Lipinski definition) is 2. The molecule has 0 saturated heterocycles. The Balaban J connectivity index is 0.775. The maximum atomic E-state index is 12.5. The first-order chi connectivity index (χ1) is 47.8. The molecular weight excluding hydrogens is 1180 g/mol. The van der Waals surface area contributed by atoms with Crippen LogP contribution in [-0.2, 0) is 10.8 Å². The number of fused-ring (bicyclic) bond motifs is 15. The highest BCUT2D eigenvalue weighted by Gasteiger charge is 2.48. The van der Waals surface area contributed by atoms with Gasteiger partial charge in [0.1, 0.15) is 11.5 Å². The fourth-order valence-corrected chi connectivity index (χ4v) is 17.3. The Hall–Kier alpha value is -12.7. The van der Waals surface area contributed by atoms with E-state index in [0.717, 1.165) is 93.4 Å². The van der Waals surface area contributed by atoms with Crippen molar-refractivity contribution < 1.29 is 10.2 Å². The first-order valence-electron chi connectivity index (χ1n) is 33.2. The zero-order valence-corrected chi connectivity index (χ0v) is 52.6. The summed E-state index contributed by atoms with van der Waals surface area (Å²) in [5.74, 6) is 3.26. The Bertz CT molecular complexity index is 6500. The van der Waals surface area contributed by atoms with Crippen molar-refractivity contribution in [1.82, 2.24) is 4.57 Å². The number of terminal acetylenes is 1. The number of nitrogens with zero attached hydrogens (tertiary/aromatic N) is 1. The molecule has 0 aliphatic heterocycles. The predicted molar refractivity (Wildman–Crippen MR) is 403 cm³/mol. The molecule has 0 fully saturated rings. The number of benzene rings is 17. The summed E-state index contributed by atoms with van der Waals surface area (Å²) in [6, 6.07) is 120. The second kappa shape index (κ2) is 20.6. The van der Waals surface area contributed by atoms with Crippen LogP contribution in [0.4, 0.5) is 0 Å². The van der Waals surface area contributed by atoms with Crippen molar-refractivity contribution in [1.29, 1.82) is 0 Å². The third kappa shape index (κ3) is 7.87. The van der Waals surface area contributed by atoms with Crippen LogP contribution in [0.2, 0.25) is 0 Å². The van der Waals surface area contributed by atoms with Crippen LogP contribution in [-0.4, -0.2) is 14.8 Å². The van der Waals surface area contributed by atoms with Crippen LogP contribution < -0.4 is 0 Å². The van der Waals surface area contributed by atoms with Crippen LogP contribution in [0.5, 0.6) is 11.5 Å². The first kappa shape index (κ1) is 54.8. The van der Waals surface area contributed by atoms with Gasteiger partial charge in [-0.15, -0.1) is 6.42 Å². The van der Waals surface area contributed by atoms with Crippen molar-refractivity contribution in [2.75, 3.05) is 0 Å². The lowest BCUT2D eigenvalue weighted by Crippen LogP contribution is -2.28. The second-order valence-corrected chi connectivity index (χ2v) is 26.5. The summed E-state index contributed by atoms with van der Waals surface area (Å²) in [5, 5.41) is 38.8. The highest BCUT2D eigenvalue weighted by Crippen LogP contribution is 2.60. The number of phenols is 2. The standard InChI is InChI=1S/C94H57NO2/c1-2-57-29-42-74(43-30-57)95-89-27-12-9-22-80(89)92-76(23-14-28-90(92)95)67-32-31-59-34-39-72(48-68(59)45-67)94(70-38-33-58-15-3-4-16-60(58)46-70)86-26-11-8-21-79(86)83-56-81-66(54-88(83)94)19-13-24-77(81)84-52-69-49-73(41-36-65(69)55-91(84)97)93(71-40-35-64-50-75(96)44-37-63(64)47-71)85-25-10-7-20-78(85)82-51-61-17-5-6-18-62(61)53-87(82)93/h1,3-56,96-97H. The Morgan fingerprint density at radius 2 is 0.742 bits per heavy atom. The third-order valence-corrected chi connectivity index (χ3v) is 21.6. The van der Waals surface area contributed by atoms with Gasteiger partial charge in [-0.2, -0.15) is 0 Å². The molecule has 0 spiro atoms. The van der Waals surface area contributed by atoms with Crippen LogP contribution in [0.3, 0.4) is 0 Å². The average Bonchev–Trinajstić information content (AvgIpc) is 1.57. The molecule has 2 unspecified atom stereocenters.